The average molecular weight is 319 g/mol. The molecule has 1 heterocycles. The van der Waals surface area contributed by atoms with Crippen LogP contribution in [-0.2, 0) is 0 Å². The Hall–Kier alpha value is -3.21. The lowest BCUT2D eigenvalue weighted by Gasteiger charge is -2.11. The number of fused-ring (bicyclic) bond motifs is 1. The van der Waals surface area contributed by atoms with E-state index in [2.05, 4.69) is 4.98 Å². The molecule has 0 aliphatic carbocycles. The minimum Gasteiger partial charge on any atom is -0.366 e. The Labute approximate surface area is 139 Å². The zero-order valence-electron chi connectivity index (χ0n) is 13.5. The first-order valence-corrected chi connectivity index (χ1v) is 7.47. The van der Waals surface area contributed by atoms with Gasteiger partial charge in [-0.25, -0.2) is 0 Å². The molecule has 0 fully saturated rings. The van der Waals surface area contributed by atoms with Gasteiger partial charge in [-0.15, -0.1) is 0 Å². The monoisotopic (exact) mass is 319 g/mol. The van der Waals surface area contributed by atoms with E-state index in [1.54, 1.807) is 50.8 Å². The third kappa shape index (κ3) is 2.84. The molecule has 3 aromatic rings. The lowest BCUT2D eigenvalue weighted by molar-refractivity contribution is 0.0827. The summed E-state index contributed by atoms with van der Waals surface area (Å²) in [4.78, 5) is 29.2. The van der Waals surface area contributed by atoms with Crippen molar-refractivity contribution in [1.82, 2.24) is 9.88 Å². The Bertz CT molecular complexity index is 931. The van der Waals surface area contributed by atoms with Crippen LogP contribution in [0.3, 0.4) is 0 Å². The fourth-order valence-electron chi connectivity index (χ4n) is 2.60. The van der Waals surface area contributed by atoms with Crippen LogP contribution in [-0.4, -0.2) is 35.8 Å². The van der Waals surface area contributed by atoms with E-state index in [1.807, 2.05) is 18.2 Å². The second-order valence-corrected chi connectivity index (χ2v) is 5.76. The number of hydrogen-bond donors (Lipinski definition) is 1. The number of primary amides is 1. The second kappa shape index (κ2) is 6.12. The van der Waals surface area contributed by atoms with Crippen LogP contribution >= 0.6 is 0 Å². The SMILES string of the molecule is CN(C)C(=O)c1ccc(-c2cncc3ccc(C(N)=O)cc23)cc1. The van der Waals surface area contributed by atoms with Gasteiger partial charge < -0.3 is 10.6 Å². The predicted octanol–water partition coefficient (Wildman–Crippen LogP) is 2.70. The maximum atomic E-state index is 12.0. The number of aromatic nitrogens is 1. The van der Waals surface area contributed by atoms with Crippen LogP contribution in [0.5, 0.6) is 0 Å². The highest BCUT2D eigenvalue weighted by atomic mass is 16.2. The third-order valence-corrected chi connectivity index (χ3v) is 3.89. The molecular weight excluding hydrogens is 302 g/mol. The first-order valence-electron chi connectivity index (χ1n) is 7.47. The topological polar surface area (TPSA) is 76.3 Å². The Morgan fingerprint density at radius 3 is 2.25 bits per heavy atom. The normalized spacial score (nSPS) is 10.6. The molecule has 5 heteroatoms. The van der Waals surface area contributed by atoms with E-state index in [0.717, 1.165) is 21.9 Å². The summed E-state index contributed by atoms with van der Waals surface area (Å²) in [5.41, 5.74) is 8.26. The number of nitrogens with zero attached hydrogens (tertiary/aromatic N) is 2. The predicted molar refractivity (Wildman–Crippen MR) is 93.7 cm³/mol. The summed E-state index contributed by atoms with van der Waals surface area (Å²) in [7, 11) is 3.44. The molecular formula is C19H17N3O2. The van der Waals surface area contributed by atoms with E-state index in [1.165, 1.54) is 4.90 Å². The highest BCUT2D eigenvalue weighted by Gasteiger charge is 2.10. The molecule has 120 valence electrons. The van der Waals surface area contributed by atoms with Gasteiger partial charge in [0.05, 0.1) is 0 Å². The van der Waals surface area contributed by atoms with Gasteiger partial charge in [0.2, 0.25) is 5.91 Å². The van der Waals surface area contributed by atoms with Crippen LogP contribution in [0.1, 0.15) is 20.7 Å². The smallest absolute Gasteiger partial charge is 0.253 e. The lowest BCUT2D eigenvalue weighted by atomic mass is 9.98. The van der Waals surface area contributed by atoms with Crippen LogP contribution in [0.15, 0.2) is 54.9 Å². The van der Waals surface area contributed by atoms with Gasteiger partial charge in [-0.2, -0.15) is 0 Å². The molecule has 24 heavy (non-hydrogen) atoms. The third-order valence-electron chi connectivity index (χ3n) is 3.89. The maximum Gasteiger partial charge on any atom is 0.253 e. The van der Waals surface area contributed by atoms with E-state index in [9.17, 15) is 9.59 Å². The van der Waals surface area contributed by atoms with Crippen LogP contribution in [0.4, 0.5) is 0 Å². The number of nitrogens with two attached hydrogens (primary N) is 1. The van der Waals surface area contributed by atoms with Crippen molar-refractivity contribution >= 4 is 22.6 Å². The van der Waals surface area contributed by atoms with Gasteiger partial charge in [-0.3, -0.25) is 14.6 Å². The molecule has 0 saturated heterocycles. The first kappa shape index (κ1) is 15.7. The average Bonchev–Trinajstić information content (AvgIpc) is 2.60. The van der Waals surface area contributed by atoms with Crippen LogP contribution in [0, 0.1) is 0 Å². The molecule has 2 aromatic carbocycles. The van der Waals surface area contributed by atoms with Crippen molar-refractivity contribution in [3.05, 3.63) is 66.0 Å². The van der Waals surface area contributed by atoms with Gasteiger partial charge in [0, 0.05) is 48.6 Å². The minimum atomic E-state index is -0.466. The molecule has 0 radical (unpaired) electrons. The molecule has 0 saturated carbocycles. The van der Waals surface area contributed by atoms with E-state index in [-0.39, 0.29) is 5.91 Å². The van der Waals surface area contributed by atoms with Gasteiger partial charge in [0.15, 0.2) is 0 Å². The molecule has 0 spiro atoms. The van der Waals surface area contributed by atoms with Gasteiger partial charge >= 0.3 is 0 Å². The zero-order chi connectivity index (χ0) is 17.3. The number of pyridine rings is 1. The molecule has 5 nitrogen and oxygen atoms in total. The summed E-state index contributed by atoms with van der Waals surface area (Å²) in [5, 5.41) is 1.82. The summed E-state index contributed by atoms with van der Waals surface area (Å²) >= 11 is 0. The van der Waals surface area contributed by atoms with Crippen molar-refractivity contribution in [1.29, 1.82) is 0 Å². The van der Waals surface area contributed by atoms with E-state index >= 15 is 0 Å². The van der Waals surface area contributed by atoms with Gasteiger partial charge in [-0.1, -0.05) is 18.2 Å². The first-order chi connectivity index (χ1) is 11.5. The van der Waals surface area contributed by atoms with Crippen molar-refractivity contribution in [3.8, 4) is 11.1 Å². The molecule has 0 aliphatic rings. The number of benzene rings is 2. The fraction of sp³-hybridized carbons (Fsp3) is 0.105. The van der Waals surface area contributed by atoms with Crippen LogP contribution < -0.4 is 5.73 Å². The number of carbonyl (C=O) groups excluding carboxylic acids is 2. The second-order valence-electron chi connectivity index (χ2n) is 5.76. The van der Waals surface area contributed by atoms with Crippen molar-refractivity contribution in [2.75, 3.05) is 14.1 Å². The molecule has 0 aliphatic heterocycles. The molecule has 0 atom stereocenters. The molecule has 2 N–H and O–H groups in total. The van der Waals surface area contributed by atoms with Gasteiger partial charge in [-0.05, 0) is 35.2 Å². The van der Waals surface area contributed by atoms with Crippen molar-refractivity contribution in [2.24, 2.45) is 5.73 Å². The summed E-state index contributed by atoms with van der Waals surface area (Å²) in [6.07, 6.45) is 3.49. The highest BCUT2D eigenvalue weighted by Crippen LogP contribution is 2.28. The summed E-state index contributed by atoms with van der Waals surface area (Å²) in [5.74, 6) is -0.514. The highest BCUT2D eigenvalue weighted by molar-refractivity contribution is 6.02. The standard InChI is InChI=1S/C19H17N3O2/c1-22(2)19(24)13-5-3-12(4-6-13)17-11-21-10-15-8-7-14(18(20)23)9-16(15)17/h3-11H,1-2H3,(H2,20,23). The maximum absolute atomic E-state index is 12.0. The molecule has 2 amide bonds. The summed E-state index contributed by atoms with van der Waals surface area (Å²) in [6, 6.07) is 12.6. The van der Waals surface area contributed by atoms with Crippen molar-refractivity contribution < 1.29 is 9.59 Å². The summed E-state index contributed by atoms with van der Waals surface area (Å²) in [6.45, 7) is 0. The minimum absolute atomic E-state index is 0.0476. The van der Waals surface area contributed by atoms with E-state index in [0.29, 0.717) is 11.1 Å². The largest absolute Gasteiger partial charge is 0.366 e. The molecule has 1 aromatic heterocycles. The number of carbonyl (C=O) groups is 2. The van der Waals surface area contributed by atoms with Crippen LogP contribution in [0.2, 0.25) is 0 Å². The van der Waals surface area contributed by atoms with E-state index < -0.39 is 5.91 Å². The van der Waals surface area contributed by atoms with E-state index in [4.69, 9.17) is 5.73 Å². The summed E-state index contributed by atoms with van der Waals surface area (Å²) < 4.78 is 0. The Balaban J connectivity index is 2.10. The van der Waals surface area contributed by atoms with Crippen molar-refractivity contribution in [2.45, 2.75) is 0 Å². The molecule has 0 bridgehead atoms. The number of rotatable bonds is 3. The van der Waals surface area contributed by atoms with Crippen LogP contribution in [0.25, 0.3) is 21.9 Å². The van der Waals surface area contributed by atoms with Crippen molar-refractivity contribution in [3.63, 3.8) is 0 Å². The fourth-order valence-corrected chi connectivity index (χ4v) is 2.60. The Morgan fingerprint density at radius 1 is 0.958 bits per heavy atom. The molecule has 0 unspecified atom stereocenters. The quantitative estimate of drug-likeness (QED) is 0.806. The zero-order valence-corrected chi connectivity index (χ0v) is 13.5. The Kier molecular flexibility index (Phi) is 4.00. The Morgan fingerprint density at radius 2 is 1.62 bits per heavy atom. The van der Waals surface area contributed by atoms with Gasteiger partial charge in [0.25, 0.3) is 5.91 Å². The number of hydrogen-bond acceptors (Lipinski definition) is 3. The lowest BCUT2D eigenvalue weighted by Crippen LogP contribution is -2.21. The number of amides is 2. The van der Waals surface area contributed by atoms with Gasteiger partial charge in [0.1, 0.15) is 0 Å². The molecule has 3 rings (SSSR count).